The number of aromatic nitrogens is 1. The monoisotopic (exact) mass is 287 g/mol. The van der Waals surface area contributed by atoms with Gasteiger partial charge in [0.05, 0.1) is 20.2 Å². The topological polar surface area (TPSA) is 42.1 Å². The number of quaternary nitrogens is 1. The molecule has 1 atom stereocenters. The number of carbonyl (C=O) groups excluding carboxylic acids is 1. The molecular weight excluding hydrogens is 264 g/mol. The molecule has 4 nitrogen and oxygen atoms in total. The summed E-state index contributed by atoms with van der Waals surface area (Å²) in [5, 5.41) is 1.30. The van der Waals surface area contributed by atoms with E-state index in [1.165, 1.54) is 27.7 Å². The number of carbonyl (C=O) groups is 1. The molecule has 3 rings (SSSR count). The number of H-pyrrole nitrogens is 1. The summed E-state index contributed by atoms with van der Waals surface area (Å²) in [7, 11) is 2.15. The van der Waals surface area contributed by atoms with Crippen LogP contribution in [-0.4, -0.2) is 42.2 Å². The Morgan fingerprint density at radius 2 is 2.24 bits per heavy atom. The van der Waals surface area contributed by atoms with E-state index in [1.807, 2.05) is 6.92 Å². The van der Waals surface area contributed by atoms with Crippen LogP contribution in [0.1, 0.15) is 23.7 Å². The van der Waals surface area contributed by atoms with E-state index in [9.17, 15) is 4.79 Å². The Balaban J connectivity index is 1.92. The molecule has 1 aliphatic heterocycles. The molecule has 2 heterocycles. The highest BCUT2D eigenvalue weighted by Crippen LogP contribution is 2.31. The lowest BCUT2D eigenvalue weighted by atomic mass is 10.0. The van der Waals surface area contributed by atoms with Crippen LogP contribution in [-0.2, 0) is 22.5 Å². The van der Waals surface area contributed by atoms with Crippen molar-refractivity contribution in [3.8, 4) is 0 Å². The molecule has 1 N–H and O–H groups in total. The number of aromatic amines is 1. The predicted molar refractivity (Wildman–Crippen MR) is 83.0 cm³/mol. The molecule has 0 saturated carbocycles. The quantitative estimate of drug-likeness (QED) is 0.696. The van der Waals surface area contributed by atoms with Crippen molar-refractivity contribution in [3.63, 3.8) is 0 Å². The number of esters is 1. The van der Waals surface area contributed by atoms with Gasteiger partial charge in [0.2, 0.25) is 0 Å². The van der Waals surface area contributed by atoms with Crippen LogP contribution in [0.3, 0.4) is 0 Å². The first-order valence-corrected chi connectivity index (χ1v) is 7.60. The highest BCUT2D eigenvalue weighted by molar-refractivity contribution is 5.85. The van der Waals surface area contributed by atoms with Crippen LogP contribution in [0.25, 0.3) is 10.9 Å². The molecule has 0 saturated heterocycles. The summed E-state index contributed by atoms with van der Waals surface area (Å²) in [5.74, 6) is -0.0977. The maximum absolute atomic E-state index is 11.8. The molecule has 4 heteroatoms. The van der Waals surface area contributed by atoms with Gasteiger partial charge in [-0.3, -0.25) is 0 Å². The highest BCUT2D eigenvalue weighted by atomic mass is 16.5. The zero-order valence-corrected chi connectivity index (χ0v) is 13.0. The summed E-state index contributed by atoms with van der Waals surface area (Å²) in [4.78, 5) is 15.4. The third-order valence-corrected chi connectivity index (χ3v) is 4.41. The minimum absolute atomic E-state index is 0.0977. The maximum atomic E-state index is 11.8. The normalized spacial score (nSPS) is 21.3. The smallest absolute Gasteiger partial charge is 0.361 e. The largest absolute Gasteiger partial charge is 0.462 e. The van der Waals surface area contributed by atoms with E-state index in [0.29, 0.717) is 13.2 Å². The van der Waals surface area contributed by atoms with Crippen LogP contribution in [0.5, 0.6) is 0 Å². The molecule has 0 bridgehead atoms. The van der Waals surface area contributed by atoms with Crippen molar-refractivity contribution in [3.05, 3.63) is 35.0 Å². The Labute approximate surface area is 125 Å². The fraction of sp³-hybridized carbons (Fsp3) is 0.471. The Morgan fingerprint density at radius 3 is 3.00 bits per heavy atom. The van der Waals surface area contributed by atoms with Crippen molar-refractivity contribution in [1.29, 1.82) is 0 Å². The number of likely N-dealkylation sites (N-methyl/N-ethyl adjacent to an activating group) is 1. The molecule has 0 fully saturated rings. The van der Waals surface area contributed by atoms with Gasteiger partial charge in [-0.25, -0.2) is 4.79 Å². The zero-order valence-electron chi connectivity index (χ0n) is 13.0. The summed E-state index contributed by atoms with van der Waals surface area (Å²) < 4.78 is 5.85. The third-order valence-electron chi connectivity index (χ3n) is 4.41. The van der Waals surface area contributed by atoms with Crippen LogP contribution < -0.4 is 0 Å². The number of benzene rings is 1. The van der Waals surface area contributed by atoms with E-state index in [-0.39, 0.29) is 5.97 Å². The maximum Gasteiger partial charge on any atom is 0.361 e. The van der Waals surface area contributed by atoms with Gasteiger partial charge in [-0.15, -0.1) is 0 Å². The lowest BCUT2D eigenvalue weighted by Gasteiger charge is -2.36. The molecule has 0 unspecified atom stereocenters. The number of fused-ring (bicyclic) bond motifs is 3. The Bertz CT molecular complexity index is 689. The lowest BCUT2D eigenvalue weighted by Crippen LogP contribution is -2.50. The van der Waals surface area contributed by atoms with Crippen molar-refractivity contribution in [2.24, 2.45) is 0 Å². The van der Waals surface area contributed by atoms with Gasteiger partial charge in [0.1, 0.15) is 6.54 Å². The minimum atomic E-state index is -0.0977. The SMILES string of the molecule is CCOC(=O)C[N@@+]1(C)CCc2[nH]c3ccc(C)cc3c2C1. The van der Waals surface area contributed by atoms with Crippen molar-refractivity contribution >= 4 is 16.9 Å². The van der Waals surface area contributed by atoms with Crippen LogP contribution in [0.2, 0.25) is 0 Å². The molecule has 1 aliphatic rings. The highest BCUT2D eigenvalue weighted by Gasteiger charge is 2.33. The molecule has 21 heavy (non-hydrogen) atoms. The van der Waals surface area contributed by atoms with Crippen molar-refractivity contribution in [2.75, 3.05) is 26.7 Å². The van der Waals surface area contributed by atoms with Crippen LogP contribution in [0.4, 0.5) is 0 Å². The van der Waals surface area contributed by atoms with Gasteiger partial charge in [-0.05, 0) is 26.0 Å². The van der Waals surface area contributed by atoms with Crippen LogP contribution in [0.15, 0.2) is 18.2 Å². The number of aryl methyl sites for hydroxylation is 1. The van der Waals surface area contributed by atoms with Gasteiger partial charge < -0.3 is 14.2 Å². The number of rotatable bonds is 3. The molecule has 112 valence electrons. The molecule has 0 spiro atoms. The van der Waals surface area contributed by atoms with Crippen LogP contribution >= 0.6 is 0 Å². The number of nitrogens with zero attached hydrogens (tertiary/aromatic N) is 1. The summed E-state index contributed by atoms with van der Waals surface area (Å²) in [6.45, 7) is 6.74. The fourth-order valence-electron chi connectivity index (χ4n) is 3.31. The summed E-state index contributed by atoms with van der Waals surface area (Å²) in [5.41, 5.74) is 5.17. The third kappa shape index (κ3) is 2.68. The van der Waals surface area contributed by atoms with E-state index < -0.39 is 0 Å². The van der Waals surface area contributed by atoms with Gasteiger partial charge in [0, 0.05) is 28.6 Å². The van der Waals surface area contributed by atoms with Gasteiger partial charge in [-0.1, -0.05) is 11.6 Å². The standard InChI is InChI=1S/C17H23N2O2/c1-4-21-17(20)11-19(3)8-7-16-14(10-19)13-9-12(2)5-6-15(13)18-16/h5-6,9,18H,4,7-8,10-11H2,1-3H3/q+1/t19-/m0/s1. The fourth-order valence-corrected chi connectivity index (χ4v) is 3.31. The van der Waals surface area contributed by atoms with Gasteiger partial charge in [0.25, 0.3) is 0 Å². The van der Waals surface area contributed by atoms with Crippen LogP contribution in [0, 0.1) is 6.92 Å². The van der Waals surface area contributed by atoms with Gasteiger partial charge >= 0.3 is 5.97 Å². The molecule has 0 aliphatic carbocycles. The first-order chi connectivity index (χ1) is 10.0. The Morgan fingerprint density at radius 1 is 1.43 bits per heavy atom. The second-order valence-electron chi connectivity index (χ2n) is 6.35. The van der Waals surface area contributed by atoms with E-state index in [2.05, 4.69) is 37.2 Å². The molecular formula is C17H23N2O2+. The first kappa shape index (κ1) is 14.1. The predicted octanol–water partition coefficient (Wildman–Crippen LogP) is 2.54. The summed E-state index contributed by atoms with van der Waals surface area (Å²) >= 11 is 0. The summed E-state index contributed by atoms with van der Waals surface area (Å²) in [6.07, 6.45) is 0.985. The Hall–Kier alpha value is -1.81. The molecule has 0 amide bonds. The summed E-state index contributed by atoms with van der Waals surface area (Å²) in [6, 6.07) is 6.53. The second kappa shape index (κ2) is 5.19. The zero-order chi connectivity index (χ0) is 15.0. The Kier molecular flexibility index (Phi) is 3.49. The number of hydrogen-bond acceptors (Lipinski definition) is 2. The van der Waals surface area contributed by atoms with Gasteiger partial charge in [0.15, 0.2) is 6.54 Å². The average molecular weight is 287 g/mol. The van der Waals surface area contributed by atoms with Crippen molar-refractivity contribution in [2.45, 2.75) is 26.8 Å². The second-order valence-corrected chi connectivity index (χ2v) is 6.35. The number of hydrogen-bond donors (Lipinski definition) is 1. The minimum Gasteiger partial charge on any atom is -0.462 e. The molecule has 1 aromatic heterocycles. The van der Waals surface area contributed by atoms with Gasteiger partial charge in [-0.2, -0.15) is 0 Å². The molecule has 1 aromatic carbocycles. The van der Waals surface area contributed by atoms with E-state index >= 15 is 0 Å². The molecule has 2 aromatic rings. The van der Waals surface area contributed by atoms with Crippen molar-refractivity contribution < 1.29 is 14.0 Å². The lowest BCUT2D eigenvalue weighted by molar-refractivity contribution is -0.917. The van der Waals surface area contributed by atoms with Crippen molar-refractivity contribution in [1.82, 2.24) is 4.98 Å². The number of nitrogens with one attached hydrogen (secondary N) is 1. The molecule has 0 radical (unpaired) electrons. The van der Waals surface area contributed by atoms with E-state index in [0.717, 1.165) is 24.0 Å². The number of ether oxygens (including phenoxy) is 1. The van der Waals surface area contributed by atoms with E-state index in [4.69, 9.17) is 4.74 Å². The first-order valence-electron chi connectivity index (χ1n) is 7.60. The average Bonchev–Trinajstić information content (AvgIpc) is 2.76. The van der Waals surface area contributed by atoms with E-state index in [1.54, 1.807) is 0 Å².